The van der Waals surface area contributed by atoms with Gasteiger partial charge in [-0.25, -0.2) is 4.79 Å². The van der Waals surface area contributed by atoms with Crippen LogP contribution in [0.1, 0.15) is 42.3 Å². The van der Waals surface area contributed by atoms with Crippen LogP contribution in [-0.2, 0) is 16.8 Å². The largest absolute Gasteiger partial charge is 0.457 e. The van der Waals surface area contributed by atoms with Crippen molar-refractivity contribution in [3.05, 3.63) is 70.2 Å². The van der Waals surface area contributed by atoms with E-state index in [9.17, 15) is 4.79 Å². The topological polar surface area (TPSA) is 26.3 Å². The Labute approximate surface area is 130 Å². The van der Waals surface area contributed by atoms with E-state index >= 15 is 0 Å². The van der Waals surface area contributed by atoms with E-state index < -0.39 is 0 Å². The van der Waals surface area contributed by atoms with Gasteiger partial charge in [0.25, 0.3) is 0 Å². The predicted molar refractivity (Wildman–Crippen MR) is 85.7 cm³/mol. The third kappa shape index (κ3) is 4.08. The SMILES string of the molecule is CC(C)(C)c1ccc(C(=O)OCc2ccccc2Cl)cc1. The molecular formula is C18H19ClO2. The summed E-state index contributed by atoms with van der Waals surface area (Å²) < 4.78 is 5.30. The van der Waals surface area contributed by atoms with Crippen molar-refractivity contribution in [2.24, 2.45) is 0 Å². The molecule has 0 amide bonds. The minimum Gasteiger partial charge on any atom is -0.457 e. The summed E-state index contributed by atoms with van der Waals surface area (Å²) in [5.41, 5.74) is 2.61. The molecule has 2 nitrogen and oxygen atoms in total. The summed E-state index contributed by atoms with van der Waals surface area (Å²) in [6.07, 6.45) is 0. The molecule has 0 bridgehead atoms. The maximum Gasteiger partial charge on any atom is 0.338 e. The fraction of sp³-hybridized carbons (Fsp3) is 0.278. The molecule has 2 aromatic rings. The molecule has 0 heterocycles. The van der Waals surface area contributed by atoms with Gasteiger partial charge in [-0.2, -0.15) is 0 Å². The van der Waals surface area contributed by atoms with Crippen molar-refractivity contribution in [2.45, 2.75) is 32.8 Å². The van der Waals surface area contributed by atoms with Crippen LogP contribution in [0.3, 0.4) is 0 Å². The quantitative estimate of drug-likeness (QED) is 0.746. The molecule has 0 unspecified atom stereocenters. The zero-order valence-electron chi connectivity index (χ0n) is 12.5. The first-order valence-electron chi connectivity index (χ1n) is 6.89. The van der Waals surface area contributed by atoms with Crippen molar-refractivity contribution < 1.29 is 9.53 Å². The fourth-order valence-electron chi connectivity index (χ4n) is 1.95. The van der Waals surface area contributed by atoms with Gasteiger partial charge in [0, 0.05) is 10.6 Å². The van der Waals surface area contributed by atoms with Crippen LogP contribution >= 0.6 is 11.6 Å². The molecule has 0 fully saturated rings. The lowest BCUT2D eigenvalue weighted by Crippen LogP contribution is -2.12. The Morgan fingerprint density at radius 1 is 1.05 bits per heavy atom. The maximum absolute atomic E-state index is 12.0. The summed E-state index contributed by atoms with van der Waals surface area (Å²) in [7, 11) is 0. The van der Waals surface area contributed by atoms with E-state index in [1.807, 2.05) is 30.3 Å². The normalized spacial score (nSPS) is 11.2. The summed E-state index contributed by atoms with van der Waals surface area (Å²) in [4.78, 5) is 12.0. The molecule has 110 valence electrons. The van der Waals surface area contributed by atoms with Gasteiger partial charge in [-0.15, -0.1) is 0 Å². The van der Waals surface area contributed by atoms with Crippen molar-refractivity contribution in [2.75, 3.05) is 0 Å². The minimum atomic E-state index is -0.338. The summed E-state index contributed by atoms with van der Waals surface area (Å²) in [5.74, 6) is -0.338. The summed E-state index contributed by atoms with van der Waals surface area (Å²) in [5, 5.41) is 0.605. The first-order chi connectivity index (χ1) is 9.88. The number of ether oxygens (including phenoxy) is 1. The molecule has 3 heteroatoms. The second-order valence-corrected chi connectivity index (χ2v) is 6.40. The first-order valence-corrected chi connectivity index (χ1v) is 7.27. The number of rotatable bonds is 3. The molecule has 0 atom stereocenters. The van der Waals surface area contributed by atoms with E-state index in [-0.39, 0.29) is 18.0 Å². The van der Waals surface area contributed by atoms with Crippen molar-refractivity contribution >= 4 is 17.6 Å². The zero-order valence-corrected chi connectivity index (χ0v) is 13.3. The molecule has 0 N–H and O–H groups in total. The van der Waals surface area contributed by atoms with Crippen molar-refractivity contribution in [1.82, 2.24) is 0 Å². The van der Waals surface area contributed by atoms with Gasteiger partial charge in [0.15, 0.2) is 0 Å². The van der Waals surface area contributed by atoms with Crippen LogP contribution < -0.4 is 0 Å². The summed E-state index contributed by atoms with van der Waals surface area (Å²) >= 11 is 6.03. The molecular weight excluding hydrogens is 284 g/mol. The van der Waals surface area contributed by atoms with Gasteiger partial charge in [0.2, 0.25) is 0 Å². The Bertz CT molecular complexity index is 624. The highest BCUT2D eigenvalue weighted by atomic mass is 35.5. The molecule has 0 spiro atoms. The van der Waals surface area contributed by atoms with Crippen LogP contribution in [0.2, 0.25) is 5.02 Å². The van der Waals surface area contributed by atoms with Gasteiger partial charge in [0.1, 0.15) is 6.61 Å². The number of carbonyl (C=O) groups is 1. The average molecular weight is 303 g/mol. The molecule has 2 aromatic carbocycles. The number of esters is 1. The van der Waals surface area contributed by atoms with Crippen LogP contribution in [-0.4, -0.2) is 5.97 Å². The molecule has 21 heavy (non-hydrogen) atoms. The molecule has 0 aliphatic carbocycles. The van der Waals surface area contributed by atoms with Crippen molar-refractivity contribution in [3.63, 3.8) is 0 Å². The van der Waals surface area contributed by atoms with Gasteiger partial charge in [-0.3, -0.25) is 0 Å². The van der Waals surface area contributed by atoms with E-state index in [1.165, 1.54) is 5.56 Å². The third-order valence-electron chi connectivity index (χ3n) is 3.30. The average Bonchev–Trinajstić information content (AvgIpc) is 2.45. The second kappa shape index (κ2) is 6.31. The lowest BCUT2D eigenvalue weighted by molar-refractivity contribution is 0.0473. The predicted octanol–water partition coefficient (Wildman–Crippen LogP) is 4.99. The number of benzene rings is 2. The Hall–Kier alpha value is -1.80. The molecule has 0 radical (unpaired) electrons. The highest BCUT2D eigenvalue weighted by molar-refractivity contribution is 6.31. The standard InChI is InChI=1S/C18H19ClO2/c1-18(2,3)15-10-8-13(9-11-15)17(20)21-12-14-6-4-5-7-16(14)19/h4-11H,12H2,1-3H3. The van der Waals surface area contributed by atoms with Crippen molar-refractivity contribution in [1.29, 1.82) is 0 Å². The van der Waals surface area contributed by atoms with Crippen LogP contribution in [0.25, 0.3) is 0 Å². The van der Waals surface area contributed by atoms with Gasteiger partial charge in [-0.1, -0.05) is 62.7 Å². The van der Waals surface area contributed by atoms with Gasteiger partial charge < -0.3 is 4.74 Å². The number of hydrogen-bond donors (Lipinski definition) is 0. The van der Waals surface area contributed by atoms with Crippen LogP contribution in [0.15, 0.2) is 48.5 Å². The van der Waals surface area contributed by atoms with Crippen LogP contribution in [0.5, 0.6) is 0 Å². The monoisotopic (exact) mass is 302 g/mol. The van der Waals surface area contributed by atoms with Crippen LogP contribution in [0.4, 0.5) is 0 Å². The smallest absolute Gasteiger partial charge is 0.338 e. The van der Waals surface area contributed by atoms with Gasteiger partial charge in [-0.05, 0) is 29.2 Å². The Morgan fingerprint density at radius 2 is 1.67 bits per heavy atom. The zero-order chi connectivity index (χ0) is 15.5. The molecule has 0 aromatic heterocycles. The minimum absolute atomic E-state index is 0.0694. The number of carbonyl (C=O) groups excluding carboxylic acids is 1. The van der Waals surface area contributed by atoms with Gasteiger partial charge in [0.05, 0.1) is 5.56 Å². The van der Waals surface area contributed by atoms with E-state index in [4.69, 9.17) is 16.3 Å². The number of hydrogen-bond acceptors (Lipinski definition) is 2. The molecule has 0 saturated carbocycles. The fourth-order valence-corrected chi connectivity index (χ4v) is 2.14. The lowest BCUT2D eigenvalue weighted by atomic mass is 9.87. The maximum atomic E-state index is 12.0. The van der Waals surface area contributed by atoms with Gasteiger partial charge >= 0.3 is 5.97 Å². The van der Waals surface area contributed by atoms with E-state index in [0.717, 1.165) is 5.56 Å². The molecule has 0 aliphatic heterocycles. The van der Waals surface area contributed by atoms with Crippen molar-refractivity contribution in [3.8, 4) is 0 Å². The Kier molecular flexibility index (Phi) is 4.69. The number of halogens is 1. The van der Waals surface area contributed by atoms with E-state index in [1.54, 1.807) is 18.2 Å². The third-order valence-corrected chi connectivity index (χ3v) is 3.67. The molecule has 2 rings (SSSR count). The molecule has 0 aliphatic rings. The lowest BCUT2D eigenvalue weighted by Gasteiger charge is -2.18. The molecule has 0 saturated heterocycles. The second-order valence-electron chi connectivity index (χ2n) is 5.99. The highest BCUT2D eigenvalue weighted by Crippen LogP contribution is 2.22. The van der Waals surface area contributed by atoms with E-state index in [0.29, 0.717) is 10.6 Å². The Balaban J connectivity index is 2.03. The highest BCUT2D eigenvalue weighted by Gasteiger charge is 2.15. The summed E-state index contributed by atoms with van der Waals surface area (Å²) in [6.45, 7) is 6.59. The Morgan fingerprint density at radius 3 is 2.24 bits per heavy atom. The van der Waals surface area contributed by atoms with Crippen LogP contribution in [0, 0.1) is 0 Å². The first kappa shape index (κ1) is 15.6. The summed E-state index contributed by atoms with van der Waals surface area (Å²) in [6, 6.07) is 14.9. The van der Waals surface area contributed by atoms with E-state index in [2.05, 4.69) is 20.8 Å².